The summed E-state index contributed by atoms with van der Waals surface area (Å²) in [7, 11) is 1.62. The third-order valence-corrected chi connectivity index (χ3v) is 4.03. The summed E-state index contributed by atoms with van der Waals surface area (Å²) in [5.41, 5.74) is 1.01. The molecule has 18 heavy (non-hydrogen) atoms. The summed E-state index contributed by atoms with van der Waals surface area (Å²) < 4.78 is 6.58. The molecule has 1 aromatic heterocycles. The number of thiophene rings is 1. The summed E-state index contributed by atoms with van der Waals surface area (Å²) >= 11 is 1.72. The summed E-state index contributed by atoms with van der Waals surface area (Å²) in [6, 6.07) is 15.6. The Kier molecular flexibility index (Phi) is 2.68. The summed E-state index contributed by atoms with van der Waals surface area (Å²) in [6.45, 7) is 0. The fraction of sp³-hybridized carbons (Fsp3) is 0.0667. The van der Waals surface area contributed by atoms with Gasteiger partial charge in [-0.25, -0.2) is 0 Å². The van der Waals surface area contributed by atoms with E-state index in [-0.39, 0.29) is 5.75 Å². The molecule has 0 unspecified atom stereocenters. The fourth-order valence-corrected chi connectivity index (χ4v) is 3.09. The van der Waals surface area contributed by atoms with Gasteiger partial charge in [0.15, 0.2) is 0 Å². The molecule has 0 saturated heterocycles. The van der Waals surface area contributed by atoms with E-state index in [1.165, 1.54) is 10.1 Å². The van der Waals surface area contributed by atoms with Gasteiger partial charge in [0.2, 0.25) is 0 Å². The highest BCUT2D eigenvalue weighted by Crippen LogP contribution is 2.39. The maximum atomic E-state index is 9.48. The van der Waals surface area contributed by atoms with E-state index in [0.717, 1.165) is 10.4 Å². The normalized spacial score (nSPS) is 10.7. The van der Waals surface area contributed by atoms with E-state index in [1.54, 1.807) is 30.6 Å². The van der Waals surface area contributed by atoms with Gasteiger partial charge >= 0.3 is 0 Å². The zero-order valence-corrected chi connectivity index (χ0v) is 10.7. The quantitative estimate of drug-likeness (QED) is 0.741. The molecule has 0 atom stereocenters. The van der Waals surface area contributed by atoms with Gasteiger partial charge in [-0.15, -0.1) is 11.3 Å². The van der Waals surface area contributed by atoms with Crippen LogP contribution in [0.4, 0.5) is 0 Å². The van der Waals surface area contributed by atoms with E-state index in [0.29, 0.717) is 5.75 Å². The summed E-state index contributed by atoms with van der Waals surface area (Å²) in [4.78, 5) is 1.15. The Bertz CT molecular complexity index is 668. The van der Waals surface area contributed by atoms with Crippen molar-refractivity contribution < 1.29 is 9.84 Å². The summed E-state index contributed by atoms with van der Waals surface area (Å²) in [6.07, 6.45) is 0. The lowest BCUT2D eigenvalue weighted by atomic mass is 10.1. The van der Waals surface area contributed by atoms with Gasteiger partial charge in [0.1, 0.15) is 11.5 Å². The third-order valence-electron chi connectivity index (χ3n) is 2.88. The highest BCUT2D eigenvalue weighted by atomic mass is 32.1. The number of ether oxygens (including phenoxy) is 1. The topological polar surface area (TPSA) is 29.5 Å². The van der Waals surface area contributed by atoms with Gasteiger partial charge in [0, 0.05) is 21.2 Å². The van der Waals surface area contributed by atoms with Crippen molar-refractivity contribution in [2.45, 2.75) is 0 Å². The molecule has 3 heteroatoms. The summed E-state index contributed by atoms with van der Waals surface area (Å²) in [5.74, 6) is 0.915. The first-order valence-electron chi connectivity index (χ1n) is 5.64. The second kappa shape index (κ2) is 4.35. The van der Waals surface area contributed by atoms with Crippen molar-refractivity contribution in [1.82, 2.24) is 0 Å². The number of benzene rings is 2. The van der Waals surface area contributed by atoms with Crippen molar-refractivity contribution in [3.63, 3.8) is 0 Å². The third kappa shape index (κ3) is 1.83. The number of rotatable bonds is 2. The molecule has 1 N–H and O–H groups in total. The Labute approximate surface area is 109 Å². The monoisotopic (exact) mass is 256 g/mol. The highest BCUT2D eigenvalue weighted by Gasteiger charge is 2.09. The van der Waals surface area contributed by atoms with Crippen LogP contribution in [0.15, 0.2) is 48.5 Å². The first kappa shape index (κ1) is 11.1. The first-order valence-corrected chi connectivity index (χ1v) is 6.45. The van der Waals surface area contributed by atoms with Crippen molar-refractivity contribution in [3.8, 4) is 21.9 Å². The molecule has 90 valence electrons. The number of hydrogen-bond donors (Lipinski definition) is 1. The Morgan fingerprint density at radius 1 is 1.06 bits per heavy atom. The minimum atomic E-state index is 0.219. The molecule has 0 aliphatic carbocycles. The number of fused-ring (bicyclic) bond motifs is 1. The van der Waals surface area contributed by atoms with Crippen molar-refractivity contribution in [1.29, 1.82) is 0 Å². The second-order valence-corrected chi connectivity index (χ2v) is 5.12. The number of methoxy groups -OCH3 is 1. The van der Waals surface area contributed by atoms with Gasteiger partial charge in [-0.1, -0.05) is 18.2 Å². The molecule has 0 radical (unpaired) electrons. The summed E-state index contributed by atoms with van der Waals surface area (Å²) in [5, 5.41) is 10.7. The minimum absolute atomic E-state index is 0.219. The molecule has 3 aromatic rings. The SMILES string of the molecule is COc1cc(O)ccc1-c1cc2ccccc2s1. The van der Waals surface area contributed by atoms with E-state index in [2.05, 4.69) is 18.2 Å². The Hall–Kier alpha value is -2.00. The lowest BCUT2D eigenvalue weighted by molar-refractivity contribution is 0.409. The fourth-order valence-electron chi connectivity index (χ4n) is 2.00. The van der Waals surface area contributed by atoms with Crippen molar-refractivity contribution in [2.75, 3.05) is 7.11 Å². The number of aromatic hydroxyl groups is 1. The van der Waals surface area contributed by atoms with Crippen LogP contribution in [0, 0.1) is 0 Å². The lowest BCUT2D eigenvalue weighted by Gasteiger charge is -2.06. The molecule has 0 spiro atoms. The predicted molar refractivity (Wildman–Crippen MR) is 75.5 cm³/mol. The van der Waals surface area contributed by atoms with E-state index in [4.69, 9.17) is 4.74 Å². The van der Waals surface area contributed by atoms with Crippen LogP contribution >= 0.6 is 11.3 Å². The molecule has 0 fully saturated rings. The lowest BCUT2D eigenvalue weighted by Crippen LogP contribution is -1.85. The molecule has 0 aliphatic rings. The van der Waals surface area contributed by atoms with E-state index >= 15 is 0 Å². The Balaban J connectivity index is 2.19. The average molecular weight is 256 g/mol. The zero-order chi connectivity index (χ0) is 12.5. The molecular formula is C15H12O2S. The van der Waals surface area contributed by atoms with Crippen LogP contribution in [0.1, 0.15) is 0 Å². The minimum Gasteiger partial charge on any atom is -0.508 e. The van der Waals surface area contributed by atoms with Crippen LogP contribution in [0.5, 0.6) is 11.5 Å². The van der Waals surface area contributed by atoms with Crippen LogP contribution in [0.2, 0.25) is 0 Å². The van der Waals surface area contributed by atoms with Crippen molar-refractivity contribution >= 4 is 21.4 Å². The smallest absolute Gasteiger partial charge is 0.131 e. The molecule has 1 heterocycles. The predicted octanol–water partition coefficient (Wildman–Crippen LogP) is 4.28. The molecule has 0 amide bonds. The van der Waals surface area contributed by atoms with E-state index in [1.807, 2.05) is 18.2 Å². The molecule has 3 rings (SSSR count). The van der Waals surface area contributed by atoms with Crippen molar-refractivity contribution in [2.24, 2.45) is 0 Å². The van der Waals surface area contributed by atoms with E-state index in [9.17, 15) is 5.11 Å². The molecule has 0 saturated carbocycles. The highest BCUT2D eigenvalue weighted by molar-refractivity contribution is 7.22. The Morgan fingerprint density at radius 2 is 1.89 bits per heavy atom. The first-order chi connectivity index (χ1) is 8.78. The van der Waals surface area contributed by atoms with Crippen LogP contribution in [0.25, 0.3) is 20.5 Å². The maximum absolute atomic E-state index is 9.48. The van der Waals surface area contributed by atoms with Gasteiger partial charge in [0.05, 0.1) is 7.11 Å². The number of hydrogen-bond acceptors (Lipinski definition) is 3. The van der Waals surface area contributed by atoms with Crippen LogP contribution < -0.4 is 4.74 Å². The zero-order valence-electron chi connectivity index (χ0n) is 9.88. The van der Waals surface area contributed by atoms with Gasteiger partial charge < -0.3 is 9.84 Å². The van der Waals surface area contributed by atoms with Gasteiger partial charge in [-0.2, -0.15) is 0 Å². The van der Waals surface area contributed by atoms with Crippen LogP contribution in [-0.4, -0.2) is 12.2 Å². The largest absolute Gasteiger partial charge is 0.508 e. The molecule has 0 aliphatic heterocycles. The number of phenols is 1. The van der Waals surface area contributed by atoms with Crippen LogP contribution in [0.3, 0.4) is 0 Å². The molecule has 2 nitrogen and oxygen atoms in total. The molecule has 2 aromatic carbocycles. The van der Waals surface area contributed by atoms with Gasteiger partial charge in [-0.3, -0.25) is 0 Å². The van der Waals surface area contributed by atoms with E-state index < -0.39 is 0 Å². The number of phenolic OH excluding ortho intramolecular Hbond substituents is 1. The standard InChI is InChI=1S/C15H12O2S/c1-17-13-9-11(16)6-7-12(13)15-8-10-4-2-3-5-14(10)18-15/h2-9,16H,1H3. The van der Waals surface area contributed by atoms with Gasteiger partial charge in [-0.05, 0) is 29.7 Å². The maximum Gasteiger partial charge on any atom is 0.131 e. The second-order valence-electron chi connectivity index (χ2n) is 4.03. The van der Waals surface area contributed by atoms with Crippen molar-refractivity contribution in [3.05, 3.63) is 48.5 Å². The molecule has 0 bridgehead atoms. The van der Waals surface area contributed by atoms with Gasteiger partial charge in [0.25, 0.3) is 0 Å². The molecular weight excluding hydrogens is 244 g/mol. The van der Waals surface area contributed by atoms with Crippen LogP contribution in [-0.2, 0) is 0 Å². The Morgan fingerprint density at radius 3 is 2.67 bits per heavy atom. The average Bonchev–Trinajstić information content (AvgIpc) is 2.82.